The largest absolute Gasteiger partial charge is 0.352 e. The van der Waals surface area contributed by atoms with Gasteiger partial charge in [0.15, 0.2) is 0 Å². The third-order valence-corrected chi connectivity index (χ3v) is 5.21. The van der Waals surface area contributed by atoms with Crippen molar-refractivity contribution in [2.45, 2.75) is 70.9 Å². The van der Waals surface area contributed by atoms with Gasteiger partial charge in [-0.15, -0.1) is 0 Å². The van der Waals surface area contributed by atoms with Crippen molar-refractivity contribution in [1.82, 2.24) is 15.5 Å². The summed E-state index contributed by atoms with van der Waals surface area (Å²) in [6.07, 6.45) is 5.48. The minimum atomic E-state index is -0.838. The minimum Gasteiger partial charge on any atom is -0.352 e. The van der Waals surface area contributed by atoms with Crippen molar-refractivity contribution in [3.05, 3.63) is 0 Å². The lowest BCUT2D eigenvalue weighted by Gasteiger charge is -2.30. The number of imide groups is 1. The number of nitrogens with one attached hydrogen (secondary N) is 2. The van der Waals surface area contributed by atoms with Crippen LogP contribution in [0.25, 0.3) is 0 Å². The van der Waals surface area contributed by atoms with E-state index in [0.29, 0.717) is 18.8 Å². The Morgan fingerprint density at radius 3 is 2.45 bits per heavy atom. The van der Waals surface area contributed by atoms with Crippen molar-refractivity contribution in [2.75, 3.05) is 6.54 Å². The fourth-order valence-corrected chi connectivity index (χ4v) is 3.48. The van der Waals surface area contributed by atoms with E-state index < -0.39 is 11.6 Å². The molecular formula is C16H27N3O3. The molecule has 2 fully saturated rings. The highest BCUT2D eigenvalue weighted by molar-refractivity contribution is 6.08. The van der Waals surface area contributed by atoms with Crippen LogP contribution in [0.15, 0.2) is 0 Å². The molecule has 6 heteroatoms. The highest BCUT2D eigenvalue weighted by atomic mass is 16.2. The zero-order chi connectivity index (χ0) is 16.3. The third-order valence-electron chi connectivity index (χ3n) is 5.21. The van der Waals surface area contributed by atoms with Gasteiger partial charge in [-0.1, -0.05) is 33.6 Å². The maximum Gasteiger partial charge on any atom is 0.325 e. The summed E-state index contributed by atoms with van der Waals surface area (Å²) < 4.78 is 0. The molecule has 1 aliphatic carbocycles. The van der Waals surface area contributed by atoms with Gasteiger partial charge in [-0.05, 0) is 31.6 Å². The van der Waals surface area contributed by atoms with E-state index in [4.69, 9.17) is 0 Å². The first kappa shape index (κ1) is 16.8. The highest BCUT2D eigenvalue weighted by Gasteiger charge is 2.49. The summed E-state index contributed by atoms with van der Waals surface area (Å²) in [5.74, 6) is -0.0780. The fraction of sp³-hybridized carbons (Fsp3) is 0.812. The topological polar surface area (TPSA) is 78.5 Å². The molecule has 1 aliphatic heterocycles. The molecule has 2 N–H and O–H groups in total. The van der Waals surface area contributed by atoms with E-state index in [1.807, 2.05) is 13.8 Å². The van der Waals surface area contributed by atoms with Crippen LogP contribution in [0.4, 0.5) is 4.79 Å². The van der Waals surface area contributed by atoms with Gasteiger partial charge in [0, 0.05) is 6.04 Å². The van der Waals surface area contributed by atoms with Crippen LogP contribution < -0.4 is 10.6 Å². The molecule has 1 saturated carbocycles. The standard InChI is InChI=1S/C16H27N3O3/c1-4-16(5-2)14(21)19(15(22)18-16)10-13(20)17-12-9-7-6-8-11(12)3/h11-12H,4-10H2,1-3H3,(H,17,20)(H,18,22)/t11-,12-/m0/s1. The van der Waals surface area contributed by atoms with Gasteiger partial charge in [0.25, 0.3) is 5.91 Å². The average Bonchev–Trinajstić information content (AvgIpc) is 2.74. The molecule has 1 saturated heterocycles. The van der Waals surface area contributed by atoms with Crippen molar-refractivity contribution in [2.24, 2.45) is 5.92 Å². The average molecular weight is 309 g/mol. The van der Waals surface area contributed by atoms with Crippen molar-refractivity contribution >= 4 is 17.8 Å². The van der Waals surface area contributed by atoms with Gasteiger partial charge in [-0.2, -0.15) is 0 Å². The summed E-state index contributed by atoms with van der Waals surface area (Å²) >= 11 is 0. The van der Waals surface area contributed by atoms with E-state index in [2.05, 4.69) is 17.6 Å². The Hall–Kier alpha value is -1.59. The summed E-state index contributed by atoms with van der Waals surface area (Å²) in [5.41, 5.74) is -0.838. The Bertz CT molecular complexity index is 460. The van der Waals surface area contributed by atoms with Crippen molar-refractivity contribution < 1.29 is 14.4 Å². The molecule has 0 aromatic rings. The zero-order valence-electron chi connectivity index (χ0n) is 13.8. The number of carbonyl (C=O) groups is 3. The predicted molar refractivity (Wildman–Crippen MR) is 83.1 cm³/mol. The normalized spacial score (nSPS) is 27.7. The lowest BCUT2D eigenvalue weighted by atomic mass is 9.86. The molecule has 0 spiro atoms. The Morgan fingerprint density at radius 2 is 1.91 bits per heavy atom. The van der Waals surface area contributed by atoms with Crippen molar-refractivity contribution in [3.63, 3.8) is 0 Å². The van der Waals surface area contributed by atoms with E-state index in [0.717, 1.165) is 24.2 Å². The number of hydrogen-bond acceptors (Lipinski definition) is 3. The van der Waals surface area contributed by atoms with Crippen LogP contribution in [0.2, 0.25) is 0 Å². The van der Waals surface area contributed by atoms with Crippen LogP contribution in [-0.2, 0) is 9.59 Å². The lowest BCUT2D eigenvalue weighted by molar-refractivity contribution is -0.135. The van der Waals surface area contributed by atoms with Crippen molar-refractivity contribution in [3.8, 4) is 0 Å². The molecule has 0 radical (unpaired) electrons. The van der Waals surface area contributed by atoms with Gasteiger partial charge < -0.3 is 10.6 Å². The van der Waals surface area contributed by atoms with Crippen LogP contribution in [0, 0.1) is 5.92 Å². The number of urea groups is 1. The molecule has 2 aliphatic rings. The summed E-state index contributed by atoms with van der Waals surface area (Å²) in [7, 11) is 0. The smallest absolute Gasteiger partial charge is 0.325 e. The summed E-state index contributed by atoms with van der Waals surface area (Å²) in [6.45, 7) is 5.69. The predicted octanol–water partition coefficient (Wildman–Crippen LogP) is 1.79. The Balaban J connectivity index is 1.96. The molecule has 124 valence electrons. The highest BCUT2D eigenvalue weighted by Crippen LogP contribution is 2.25. The van der Waals surface area contributed by atoms with Crippen LogP contribution in [0.3, 0.4) is 0 Å². The lowest BCUT2D eigenvalue weighted by Crippen LogP contribution is -2.48. The fourth-order valence-electron chi connectivity index (χ4n) is 3.48. The molecule has 2 atom stereocenters. The molecular weight excluding hydrogens is 282 g/mol. The van der Waals surface area contributed by atoms with E-state index in [-0.39, 0.29) is 24.4 Å². The third kappa shape index (κ3) is 3.10. The van der Waals surface area contributed by atoms with Crippen LogP contribution >= 0.6 is 0 Å². The number of nitrogens with zero attached hydrogens (tertiary/aromatic N) is 1. The Kier molecular flexibility index (Phi) is 5.08. The van der Waals surface area contributed by atoms with Gasteiger partial charge in [0.05, 0.1) is 0 Å². The Morgan fingerprint density at radius 1 is 1.27 bits per heavy atom. The molecule has 6 nitrogen and oxygen atoms in total. The maximum absolute atomic E-state index is 12.5. The van der Waals surface area contributed by atoms with Gasteiger partial charge in [-0.3, -0.25) is 14.5 Å². The molecule has 0 aromatic carbocycles. The van der Waals surface area contributed by atoms with Crippen LogP contribution in [0.5, 0.6) is 0 Å². The summed E-state index contributed by atoms with van der Waals surface area (Å²) in [6, 6.07) is -0.301. The molecule has 2 rings (SSSR count). The van der Waals surface area contributed by atoms with Crippen molar-refractivity contribution in [1.29, 1.82) is 0 Å². The first-order valence-corrected chi connectivity index (χ1v) is 8.37. The van der Waals surface area contributed by atoms with Crippen LogP contribution in [0.1, 0.15) is 59.3 Å². The van der Waals surface area contributed by atoms with Crippen LogP contribution in [-0.4, -0.2) is 40.9 Å². The molecule has 0 bridgehead atoms. The molecule has 0 aromatic heterocycles. The summed E-state index contributed by atoms with van der Waals surface area (Å²) in [4.78, 5) is 37.7. The monoisotopic (exact) mass is 309 g/mol. The van der Waals surface area contributed by atoms with E-state index >= 15 is 0 Å². The van der Waals surface area contributed by atoms with Gasteiger partial charge >= 0.3 is 6.03 Å². The number of amides is 4. The Labute approximate surface area is 132 Å². The number of carbonyl (C=O) groups excluding carboxylic acids is 3. The van der Waals surface area contributed by atoms with Gasteiger partial charge in [0.2, 0.25) is 5.91 Å². The second-order valence-electron chi connectivity index (χ2n) is 6.55. The van der Waals surface area contributed by atoms with E-state index in [1.54, 1.807) is 0 Å². The van der Waals surface area contributed by atoms with E-state index in [1.165, 1.54) is 6.42 Å². The second-order valence-corrected chi connectivity index (χ2v) is 6.55. The molecule has 22 heavy (non-hydrogen) atoms. The molecule has 1 heterocycles. The molecule has 4 amide bonds. The van der Waals surface area contributed by atoms with Gasteiger partial charge in [-0.25, -0.2) is 4.79 Å². The van der Waals surface area contributed by atoms with Gasteiger partial charge in [0.1, 0.15) is 12.1 Å². The number of rotatable bonds is 5. The van der Waals surface area contributed by atoms with E-state index in [9.17, 15) is 14.4 Å². The zero-order valence-corrected chi connectivity index (χ0v) is 13.8. The second kappa shape index (κ2) is 6.67. The first-order valence-electron chi connectivity index (χ1n) is 8.37. The SMILES string of the molecule is CCC1(CC)NC(=O)N(CC(=O)N[C@H]2CCCC[C@@H]2C)C1=O. The first-order chi connectivity index (χ1) is 10.4. The number of hydrogen-bond donors (Lipinski definition) is 2. The minimum absolute atomic E-state index is 0.157. The molecule has 0 unspecified atom stereocenters. The summed E-state index contributed by atoms with van der Waals surface area (Å²) in [5, 5.41) is 5.73. The maximum atomic E-state index is 12.5. The quantitative estimate of drug-likeness (QED) is 0.760.